The highest BCUT2D eigenvalue weighted by molar-refractivity contribution is 5.14. The Bertz CT molecular complexity index is 399. The molecular weight excluding hydrogens is 202 g/mol. The van der Waals surface area contributed by atoms with Crippen LogP contribution in [-0.4, -0.2) is 26.0 Å². The van der Waals surface area contributed by atoms with Crippen LogP contribution in [0, 0.1) is 0 Å². The molecule has 0 amide bonds. The fraction of sp³-hybridized carbons (Fsp3) is 0.333. The van der Waals surface area contributed by atoms with E-state index < -0.39 is 0 Å². The molecule has 0 saturated heterocycles. The molecule has 2 rings (SSSR count). The molecule has 0 saturated carbocycles. The van der Waals surface area contributed by atoms with Crippen LogP contribution in [0.3, 0.4) is 0 Å². The van der Waals surface area contributed by atoms with E-state index in [-0.39, 0.29) is 6.10 Å². The summed E-state index contributed by atoms with van der Waals surface area (Å²) in [6.07, 6.45) is 4.35. The summed E-state index contributed by atoms with van der Waals surface area (Å²) in [6, 6.07) is 10.2. The zero-order chi connectivity index (χ0) is 11.2. The molecule has 4 nitrogen and oxygen atoms in total. The SMILES string of the molecule is OC(CCc1ccccc1)Cn1cncn1. The maximum Gasteiger partial charge on any atom is 0.137 e. The van der Waals surface area contributed by atoms with Gasteiger partial charge in [-0.05, 0) is 18.4 Å². The van der Waals surface area contributed by atoms with Crippen molar-refractivity contribution in [3.63, 3.8) is 0 Å². The molecule has 1 atom stereocenters. The molecule has 0 spiro atoms. The Morgan fingerprint density at radius 3 is 2.75 bits per heavy atom. The normalized spacial score (nSPS) is 12.6. The topological polar surface area (TPSA) is 50.9 Å². The molecule has 1 heterocycles. The molecular formula is C12H15N3O. The lowest BCUT2D eigenvalue weighted by Crippen LogP contribution is -2.17. The largest absolute Gasteiger partial charge is 0.391 e. The summed E-state index contributed by atoms with van der Waals surface area (Å²) in [5.74, 6) is 0. The van der Waals surface area contributed by atoms with Crippen molar-refractivity contribution in [3.8, 4) is 0 Å². The monoisotopic (exact) mass is 217 g/mol. The zero-order valence-electron chi connectivity index (χ0n) is 9.03. The molecule has 2 aromatic rings. The van der Waals surface area contributed by atoms with E-state index >= 15 is 0 Å². The predicted octanol–water partition coefficient (Wildman–Crippen LogP) is 1.27. The van der Waals surface area contributed by atoms with Crippen molar-refractivity contribution in [2.24, 2.45) is 0 Å². The summed E-state index contributed by atoms with van der Waals surface area (Å²) >= 11 is 0. The van der Waals surface area contributed by atoms with Gasteiger partial charge in [-0.2, -0.15) is 5.10 Å². The lowest BCUT2D eigenvalue weighted by molar-refractivity contribution is 0.140. The third-order valence-electron chi connectivity index (χ3n) is 2.47. The molecule has 16 heavy (non-hydrogen) atoms. The van der Waals surface area contributed by atoms with E-state index in [0.717, 1.165) is 12.8 Å². The van der Waals surface area contributed by atoms with E-state index in [1.165, 1.54) is 11.9 Å². The first-order chi connectivity index (χ1) is 7.84. The lowest BCUT2D eigenvalue weighted by atomic mass is 10.1. The average Bonchev–Trinajstić information content (AvgIpc) is 2.81. The molecule has 1 aromatic heterocycles. The molecule has 0 aliphatic carbocycles. The number of hydrogen-bond donors (Lipinski definition) is 1. The highest BCUT2D eigenvalue weighted by Gasteiger charge is 2.05. The highest BCUT2D eigenvalue weighted by Crippen LogP contribution is 2.05. The second kappa shape index (κ2) is 5.42. The number of rotatable bonds is 5. The van der Waals surface area contributed by atoms with Crippen molar-refractivity contribution in [1.29, 1.82) is 0 Å². The molecule has 1 aromatic carbocycles. The predicted molar refractivity (Wildman–Crippen MR) is 60.8 cm³/mol. The van der Waals surface area contributed by atoms with Gasteiger partial charge < -0.3 is 5.11 Å². The minimum absolute atomic E-state index is 0.373. The Balaban J connectivity index is 1.78. The second-order valence-electron chi connectivity index (χ2n) is 3.80. The fourth-order valence-corrected chi connectivity index (χ4v) is 1.61. The number of aryl methyl sites for hydroxylation is 1. The third kappa shape index (κ3) is 3.17. The third-order valence-corrected chi connectivity index (χ3v) is 2.47. The quantitative estimate of drug-likeness (QED) is 0.820. The molecule has 0 fully saturated rings. The van der Waals surface area contributed by atoms with Gasteiger partial charge in [0.2, 0.25) is 0 Å². The standard InChI is InChI=1S/C12H15N3O/c16-12(8-15-10-13-9-14-15)7-6-11-4-2-1-3-5-11/h1-5,9-10,12,16H,6-8H2. The first-order valence-corrected chi connectivity index (χ1v) is 5.39. The molecule has 0 bridgehead atoms. The van der Waals surface area contributed by atoms with Crippen LogP contribution in [0.5, 0.6) is 0 Å². The van der Waals surface area contributed by atoms with Crippen molar-refractivity contribution in [1.82, 2.24) is 14.8 Å². The van der Waals surface area contributed by atoms with Crippen LogP contribution in [0.1, 0.15) is 12.0 Å². The van der Waals surface area contributed by atoms with Crippen molar-refractivity contribution < 1.29 is 5.11 Å². The van der Waals surface area contributed by atoms with Gasteiger partial charge in [0, 0.05) is 0 Å². The summed E-state index contributed by atoms with van der Waals surface area (Å²) in [5, 5.41) is 13.8. The first kappa shape index (κ1) is 10.8. The number of benzene rings is 1. The van der Waals surface area contributed by atoms with Crippen molar-refractivity contribution in [2.45, 2.75) is 25.5 Å². The highest BCUT2D eigenvalue weighted by atomic mass is 16.3. The maximum atomic E-state index is 9.79. The van der Waals surface area contributed by atoms with Crippen LogP contribution in [0.25, 0.3) is 0 Å². The van der Waals surface area contributed by atoms with Gasteiger partial charge in [0.1, 0.15) is 12.7 Å². The molecule has 1 unspecified atom stereocenters. The first-order valence-electron chi connectivity index (χ1n) is 5.39. The number of hydrogen-bond acceptors (Lipinski definition) is 3. The van der Waals surface area contributed by atoms with Crippen molar-refractivity contribution in [2.75, 3.05) is 0 Å². The molecule has 4 heteroatoms. The Kier molecular flexibility index (Phi) is 3.66. The van der Waals surface area contributed by atoms with E-state index in [1.807, 2.05) is 18.2 Å². The van der Waals surface area contributed by atoms with E-state index in [1.54, 1.807) is 11.0 Å². The van der Waals surface area contributed by atoms with Gasteiger partial charge in [0.05, 0.1) is 12.6 Å². The number of aromatic nitrogens is 3. The summed E-state index contributed by atoms with van der Waals surface area (Å²) in [6.45, 7) is 0.507. The molecule has 84 valence electrons. The lowest BCUT2D eigenvalue weighted by Gasteiger charge is -2.09. The Labute approximate surface area is 94.6 Å². The maximum absolute atomic E-state index is 9.79. The fourth-order valence-electron chi connectivity index (χ4n) is 1.61. The van der Waals surface area contributed by atoms with E-state index in [9.17, 15) is 5.11 Å². The molecule has 1 N–H and O–H groups in total. The van der Waals surface area contributed by atoms with Gasteiger partial charge in [-0.1, -0.05) is 30.3 Å². The van der Waals surface area contributed by atoms with E-state index in [0.29, 0.717) is 6.54 Å². The van der Waals surface area contributed by atoms with Gasteiger partial charge in [0.25, 0.3) is 0 Å². The molecule has 0 aliphatic rings. The van der Waals surface area contributed by atoms with E-state index in [4.69, 9.17) is 0 Å². The van der Waals surface area contributed by atoms with Crippen LogP contribution >= 0.6 is 0 Å². The smallest absolute Gasteiger partial charge is 0.137 e. The van der Waals surface area contributed by atoms with Gasteiger partial charge in [-0.3, -0.25) is 4.68 Å². The van der Waals surface area contributed by atoms with Crippen molar-refractivity contribution >= 4 is 0 Å². The summed E-state index contributed by atoms with van der Waals surface area (Å²) in [5.41, 5.74) is 1.25. The Morgan fingerprint density at radius 1 is 1.25 bits per heavy atom. The zero-order valence-corrected chi connectivity index (χ0v) is 9.03. The van der Waals surface area contributed by atoms with Crippen LogP contribution in [0.4, 0.5) is 0 Å². The van der Waals surface area contributed by atoms with Gasteiger partial charge in [0.15, 0.2) is 0 Å². The van der Waals surface area contributed by atoms with Crippen LogP contribution in [0.15, 0.2) is 43.0 Å². The van der Waals surface area contributed by atoms with Gasteiger partial charge in [-0.15, -0.1) is 0 Å². The van der Waals surface area contributed by atoms with Crippen LogP contribution < -0.4 is 0 Å². The minimum Gasteiger partial charge on any atom is -0.391 e. The molecule has 0 radical (unpaired) electrons. The Morgan fingerprint density at radius 2 is 2.06 bits per heavy atom. The van der Waals surface area contributed by atoms with Gasteiger partial charge in [-0.25, -0.2) is 4.98 Å². The van der Waals surface area contributed by atoms with Crippen molar-refractivity contribution in [3.05, 3.63) is 48.5 Å². The summed E-state index contributed by atoms with van der Waals surface area (Å²) in [7, 11) is 0. The molecule has 0 aliphatic heterocycles. The van der Waals surface area contributed by atoms with Crippen LogP contribution in [0.2, 0.25) is 0 Å². The Hall–Kier alpha value is -1.68. The summed E-state index contributed by atoms with van der Waals surface area (Å²) < 4.78 is 1.65. The average molecular weight is 217 g/mol. The number of aliphatic hydroxyl groups excluding tert-OH is 1. The van der Waals surface area contributed by atoms with E-state index in [2.05, 4.69) is 22.2 Å². The summed E-state index contributed by atoms with van der Waals surface area (Å²) in [4.78, 5) is 3.83. The second-order valence-corrected chi connectivity index (χ2v) is 3.80. The minimum atomic E-state index is -0.373. The number of nitrogens with zero attached hydrogens (tertiary/aromatic N) is 3. The number of aliphatic hydroxyl groups is 1. The van der Waals surface area contributed by atoms with Gasteiger partial charge >= 0.3 is 0 Å². The van der Waals surface area contributed by atoms with Crippen LogP contribution in [-0.2, 0) is 13.0 Å².